The molecule has 2 N–H and O–H groups in total. The van der Waals surface area contributed by atoms with Crippen LogP contribution in [0.3, 0.4) is 0 Å². The zero-order valence-corrected chi connectivity index (χ0v) is 13.9. The minimum atomic E-state index is -0.342. The highest BCUT2D eigenvalue weighted by Gasteiger charge is 2.17. The number of nitrogens with one attached hydrogen (secondary N) is 1. The molecule has 0 fully saturated rings. The summed E-state index contributed by atoms with van der Waals surface area (Å²) in [5.74, 6) is 0.507. The van der Waals surface area contributed by atoms with Crippen molar-refractivity contribution >= 4 is 11.6 Å². The first-order chi connectivity index (χ1) is 11.6. The molecule has 0 atom stereocenters. The third kappa shape index (κ3) is 4.04. The van der Waals surface area contributed by atoms with E-state index in [4.69, 9.17) is 9.57 Å². The quantitative estimate of drug-likeness (QED) is 0.630. The number of phenolic OH excluding ortho intramolecular Hbond substituents is 1. The zero-order valence-electron chi connectivity index (χ0n) is 13.9. The maximum Gasteiger partial charge on any atom is 0.273 e. The van der Waals surface area contributed by atoms with E-state index in [9.17, 15) is 9.90 Å². The van der Waals surface area contributed by atoms with Gasteiger partial charge in [-0.3, -0.25) is 4.79 Å². The van der Waals surface area contributed by atoms with Crippen molar-refractivity contribution in [2.45, 2.75) is 13.5 Å². The number of hydrogen-bond donors (Lipinski definition) is 2. The fourth-order valence-electron chi connectivity index (χ4n) is 2.25. The number of benzene rings is 2. The fourth-order valence-corrected chi connectivity index (χ4v) is 2.25. The van der Waals surface area contributed by atoms with Gasteiger partial charge in [0, 0.05) is 12.6 Å². The number of aromatic hydroxyl groups is 1. The van der Waals surface area contributed by atoms with Crippen molar-refractivity contribution in [3.63, 3.8) is 0 Å². The molecule has 0 aliphatic heterocycles. The molecule has 24 heavy (non-hydrogen) atoms. The van der Waals surface area contributed by atoms with E-state index in [1.54, 1.807) is 24.3 Å². The summed E-state index contributed by atoms with van der Waals surface area (Å²) >= 11 is 0. The van der Waals surface area contributed by atoms with Gasteiger partial charge >= 0.3 is 0 Å². The number of carbonyl (C=O) groups excluding carboxylic acids is 1. The number of nitrogens with zero attached hydrogens (tertiary/aromatic N) is 1. The molecule has 6 nitrogen and oxygen atoms in total. The largest absolute Gasteiger partial charge is 0.508 e. The molecule has 2 aromatic rings. The average molecular weight is 328 g/mol. The molecule has 1 amide bonds. The molecule has 0 unspecified atom stereocenters. The summed E-state index contributed by atoms with van der Waals surface area (Å²) in [7, 11) is 2.92. The molecule has 0 aliphatic carbocycles. The van der Waals surface area contributed by atoms with Crippen LogP contribution >= 0.6 is 0 Å². The van der Waals surface area contributed by atoms with E-state index in [0.717, 1.165) is 11.1 Å². The topological polar surface area (TPSA) is 80.2 Å². The van der Waals surface area contributed by atoms with Crippen LogP contribution in [0.1, 0.15) is 16.7 Å². The van der Waals surface area contributed by atoms with Gasteiger partial charge in [-0.15, -0.1) is 0 Å². The molecule has 0 heterocycles. The molecule has 0 aliphatic rings. The summed E-state index contributed by atoms with van der Waals surface area (Å²) in [5.41, 5.74) is 2.44. The lowest BCUT2D eigenvalue weighted by atomic mass is 10.0. The van der Waals surface area contributed by atoms with E-state index in [2.05, 4.69) is 10.5 Å². The maximum absolute atomic E-state index is 12.0. The van der Waals surface area contributed by atoms with Crippen LogP contribution in [0.2, 0.25) is 0 Å². The van der Waals surface area contributed by atoms with Gasteiger partial charge < -0.3 is 20.0 Å². The number of aryl methyl sites for hydroxylation is 1. The highest BCUT2D eigenvalue weighted by atomic mass is 16.6. The molecule has 2 aromatic carbocycles. The predicted octanol–water partition coefficient (Wildman–Crippen LogP) is 2.38. The van der Waals surface area contributed by atoms with Gasteiger partial charge in [0.1, 0.15) is 25.2 Å². The molecule has 0 bridgehead atoms. The number of phenols is 1. The second-order valence-electron chi connectivity index (χ2n) is 5.10. The van der Waals surface area contributed by atoms with Gasteiger partial charge in [-0.2, -0.15) is 0 Å². The Hall–Kier alpha value is -3.02. The summed E-state index contributed by atoms with van der Waals surface area (Å²) in [6.45, 7) is 2.10. The number of ether oxygens (including phenoxy) is 1. The summed E-state index contributed by atoms with van der Waals surface area (Å²) < 4.78 is 5.82. The van der Waals surface area contributed by atoms with E-state index in [1.807, 2.05) is 25.1 Å². The number of oxime groups is 1. The highest BCUT2D eigenvalue weighted by molar-refractivity contribution is 6.45. The molecule has 0 radical (unpaired) electrons. The Kier molecular flexibility index (Phi) is 5.78. The Morgan fingerprint density at radius 1 is 1.25 bits per heavy atom. The SMILES string of the molecule is CNC(=O)/C(=N\OC)c1ccccc1COc1ccc(O)cc1C. The minimum absolute atomic E-state index is 0.182. The molecular weight excluding hydrogens is 308 g/mol. The molecule has 6 heteroatoms. The first kappa shape index (κ1) is 17.3. The Morgan fingerprint density at radius 3 is 2.67 bits per heavy atom. The van der Waals surface area contributed by atoms with E-state index in [0.29, 0.717) is 11.3 Å². The first-order valence-electron chi connectivity index (χ1n) is 7.40. The monoisotopic (exact) mass is 328 g/mol. The summed E-state index contributed by atoms with van der Waals surface area (Å²) in [6.07, 6.45) is 0. The van der Waals surface area contributed by atoms with Gasteiger partial charge in [0.05, 0.1) is 0 Å². The second-order valence-corrected chi connectivity index (χ2v) is 5.10. The molecule has 0 aromatic heterocycles. The molecule has 2 rings (SSSR count). The van der Waals surface area contributed by atoms with Gasteiger partial charge in [0.2, 0.25) is 0 Å². The third-order valence-corrected chi connectivity index (χ3v) is 3.44. The maximum atomic E-state index is 12.0. The zero-order chi connectivity index (χ0) is 17.5. The number of carbonyl (C=O) groups is 1. The van der Waals surface area contributed by atoms with Crippen LogP contribution in [0.25, 0.3) is 0 Å². The summed E-state index contributed by atoms with van der Waals surface area (Å²) in [5, 5.41) is 15.8. The Labute approximate surface area is 140 Å². The molecule has 126 valence electrons. The van der Waals surface area contributed by atoms with Gasteiger partial charge in [0.15, 0.2) is 5.71 Å². The lowest BCUT2D eigenvalue weighted by Crippen LogP contribution is -2.29. The minimum Gasteiger partial charge on any atom is -0.508 e. The van der Waals surface area contributed by atoms with E-state index < -0.39 is 0 Å². The smallest absolute Gasteiger partial charge is 0.273 e. The second kappa shape index (κ2) is 8.01. The Balaban J connectivity index is 2.28. The van der Waals surface area contributed by atoms with E-state index in [1.165, 1.54) is 14.2 Å². The number of amides is 1. The fraction of sp³-hybridized carbons (Fsp3) is 0.222. The van der Waals surface area contributed by atoms with Gasteiger partial charge in [0.25, 0.3) is 5.91 Å². The van der Waals surface area contributed by atoms with Crippen LogP contribution in [0.4, 0.5) is 0 Å². The van der Waals surface area contributed by atoms with Crippen LogP contribution in [-0.4, -0.2) is 30.9 Å². The third-order valence-electron chi connectivity index (χ3n) is 3.44. The van der Waals surface area contributed by atoms with Crippen LogP contribution < -0.4 is 10.1 Å². The number of likely N-dealkylation sites (N-methyl/N-ethyl adjacent to an activating group) is 1. The van der Waals surface area contributed by atoms with E-state index in [-0.39, 0.29) is 24.0 Å². The molecular formula is C18H20N2O4. The number of hydrogen-bond acceptors (Lipinski definition) is 5. The number of rotatable bonds is 6. The standard InChI is InChI=1S/C18H20N2O4/c1-12-10-14(21)8-9-16(12)24-11-13-6-4-5-7-15(13)17(20-23-3)18(22)19-2/h4-10,21H,11H2,1-3H3,(H,19,22)/b20-17-. The van der Waals surface area contributed by atoms with Gasteiger partial charge in [-0.1, -0.05) is 29.4 Å². The average Bonchev–Trinajstić information content (AvgIpc) is 2.59. The normalized spacial score (nSPS) is 11.0. The molecule has 0 saturated carbocycles. The van der Waals surface area contributed by atoms with Crippen LogP contribution in [-0.2, 0) is 16.2 Å². The molecule has 0 saturated heterocycles. The van der Waals surface area contributed by atoms with Crippen molar-refractivity contribution in [3.8, 4) is 11.5 Å². The predicted molar refractivity (Wildman–Crippen MR) is 91.2 cm³/mol. The van der Waals surface area contributed by atoms with Crippen molar-refractivity contribution in [2.24, 2.45) is 5.16 Å². The van der Waals surface area contributed by atoms with Gasteiger partial charge in [-0.05, 0) is 36.2 Å². The van der Waals surface area contributed by atoms with Crippen molar-refractivity contribution < 1.29 is 19.5 Å². The van der Waals surface area contributed by atoms with Crippen molar-refractivity contribution in [1.29, 1.82) is 0 Å². The summed E-state index contributed by atoms with van der Waals surface area (Å²) in [4.78, 5) is 16.8. The highest BCUT2D eigenvalue weighted by Crippen LogP contribution is 2.24. The van der Waals surface area contributed by atoms with Crippen molar-refractivity contribution in [1.82, 2.24) is 5.32 Å². The van der Waals surface area contributed by atoms with Crippen LogP contribution in [0, 0.1) is 6.92 Å². The van der Waals surface area contributed by atoms with Crippen LogP contribution in [0.15, 0.2) is 47.6 Å². The lowest BCUT2D eigenvalue weighted by Gasteiger charge is -2.13. The summed E-state index contributed by atoms with van der Waals surface area (Å²) in [6, 6.07) is 12.2. The lowest BCUT2D eigenvalue weighted by molar-refractivity contribution is -0.114. The van der Waals surface area contributed by atoms with Gasteiger partial charge in [-0.25, -0.2) is 0 Å². The Bertz CT molecular complexity index is 756. The molecule has 0 spiro atoms. The Morgan fingerprint density at radius 2 is 2.00 bits per heavy atom. The first-order valence-corrected chi connectivity index (χ1v) is 7.40. The van der Waals surface area contributed by atoms with Crippen molar-refractivity contribution in [3.05, 3.63) is 59.2 Å². The van der Waals surface area contributed by atoms with Crippen LogP contribution in [0.5, 0.6) is 11.5 Å². The van der Waals surface area contributed by atoms with Crippen molar-refractivity contribution in [2.75, 3.05) is 14.2 Å². The van der Waals surface area contributed by atoms with E-state index >= 15 is 0 Å².